The number of carboxylic acid groups (broad SMARTS) is 1. The predicted octanol–water partition coefficient (Wildman–Crippen LogP) is 0.916. The lowest BCUT2D eigenvalue weighted by Crippen LogP contribution is -2.41. The van der Waals surface area contributed by atoms with Gasteiger partial charge in [-0.1, -0.05) is 12.1 Å². The van der Waals surface area contributed by atoms with Crippen LogP contribution in [-0.4, -0.2) is 54.8 Å². The van der Waals surface area contributed by atoms with Crippen LogP contribution in [0, 0.1) is 11.3 Å². The van der Waals surface area contributed by atoms with Gasteiger partial charge in [0.05, 0.1) is 13.2 Å². The van der Waals surface area contributed by atoms with E-state index in [0.29, 0.717) is 37.6 Å². The van der Waals surface area contributed by atoms with E-state index < -0.39 is 12.6 Å². The summed E-state index contributed by atoms with van der Waals surface area (Å²) in [5, 5.41) is 17.8. The highest BCUT2D eigenvalue weighted by Crippen LogP contribution is 2.17. The maximum Gasteiger partial charge on any atom is 0.341 e. The third-order valence-electron chi connectivity index (χ3n) is 3.18. The van der Waals surface area contributed by atoms with Crippen LogP contribution in [0.5, 0.6) is 5.75 Å². The largest absolute Gasteiger partial charge is 0.482 e. The number of carboxylic acids is 1. The second kappa shape index (κ2) is 7.96. The zero-order valence-corrected chi connectivity index (χ0v) is 12.4. The van der Waals surface area contributed by atoms with Crippen LogP contribution in [0.2, 0.25) is 0 Å². The first-order valence-electron chi connectivity index (χ1n) is 7.03. The molecule has 0 spiro atoms. The van der Waals surface area contributed by atoms with E-state index in [0.717, 1.165) is 0 Å². The Kier molecular flexibility index (Phi) is 5.72. The van der Waals surface area contributed by atoms with Crippen LogP contribution in [-0.2, 0) is 14.3 Å². The zero-order valence-electron chi connectivity index (χ0n) is 12.4. The number of nitriles is 1. The summed E-state index contributed by atoms with van der Waals surface area (Å²) in [6, 6.07) is 8.46. The van der Waals surface area contributed by atoms with Crippen LogP contribution >= 0.6 is 0 Å². The third kappa shape index (κ3) is 4.83. The molecule has 0 aromatic heterocycles. The fourth-order valence-corrected chi connectivity index (χ4v) is 2.08. The summed E-state index contributed by atoms with van der Waals surface area (Å²) in [5.41, 5.74) is 0.605. The maximum atomic E-state index is 12.3. The molecule has 1 aliphatic rings. The van der Waals surface area contributed by atoms with E-state index in [-0.39, 0.29) is 11.5 Å². The van der Waals surface area contributed by atoms with Crippen molar-refractivity contribution in [3.8, 4) is 11.8 Å². The molecule has 0 unspecified atom stereocenters. The fraction of sp³-hybridized carbons (Fsp3) is 0.312. The average Bonchev–Trinajstić information content (AvgIpc) is 2.58. The normalized spacial score (nSPS) is 14.9. The van der Waals surface area contributed by atoms with Gasteiger partial charge < -0.3 is 19.5 Å². The number of hydrogen-bond donors (Lipinski definition) is 1. The van der Waals surface area contributed by atoms with Gasteiger partial charge in [0, 0.05) is 13.1 Å². The van der Waals surface area contributed by atoms with E-state index in [1.54, 1.807) is 29.2 Å². The molecular formula is C16H16N2O5. The summed E-state index contributed by atoms with van der Waals surface area (Å²) in [6.07, 6.45) is 1.46. The van der Waals surface area contributed by atoms with Gasteiger partial charge in [-0.25, -0.2) is 4.79 Å². The van der Waals surface area contributed by atoms with Crippen molar-refractivity contribution in [3.63, 3.8) is 0 Å². The quantitative estimate of drug-likeness (QED) is 0.640. The lowest BCUT2D eigenvalue weighted by Gasteiger charge is -2.26. The van der Waals surface area contributed by atoms with Crippen LogP contribution in [0.3, 0.4) is 0 Å². The van der Waals surface area contributed by atoms with Crippen molar-refractivity contribution in [1.29, 1.82) is 5.26 Å². The predicted molar refractivity (Wildman–Crippen MR) is 80.6 cm³/mol. The Morgan fingerprint density at radius 3 is 2.78 bits per heavy atom. The summed E-state index contributed by atoms with van der Waals surface area (Å²) in [6.45, 7) is 1.39. The van der Waals surface area contributed by atoms with E-state index in [2.05, 4.69) is 0 Å². The summed E-state index contributed by atoms with van der Waals surface area (Å²) in [5.74, 6) is -1.06. The molecule has 0 bridgehead atoms. The van der Waals surface area contributed by atoms with Crippen molar-refractivity contribution >= 4 is 18.0 Å². The molecule has 1 aliphatic heterocycles. The van der Waals surface area contributed by atoms with Gasteiger partial charge >= 0.3 is 5.97 Å². The number of aliphatic carboxylic acids is 1. The maximum absolute atomic E-state index is 12.3. The average molecular weight is 316 g/mol. The topological polar surface area (TPSA) is 99.9 Å². The molecule has 0 saturated carbocycles. The highest BCUT2D eigenvalue weighted by Gasteiger charge is 2.20. The second-order valence-electron chi connectivity index (χ2n) is 4.83. The molecule has 7 heteroatoms. The molecule has 1 aromatic rings. The number of benzene rings is 1. The summed E-state index contributed by atoms with van der Waals surface area (Å²) >= 11 is 0. The van der Waals surface area contributed by atoms with Crippen LogP contribution in [0.15, 0.2) is 29.8 Å². The Morgan fingerprint density at radius 1 is 1.39 bits per heavy atom. The molecule has 1 aromatic carbocycles. The summed E-state index contributed by atoms with van der Waals surface area (Å²) in [7, 11) is 0. The number of hydrogen-bond acceptors (Lipinski definition) is 5. The molecule has 1 fully saturated rings. The van der Waals surface area contributed by atoms with Gasteiger partial charge in [-0.05, 0) is 23.8 Å². The molecule has 7 nitrogen and oxygen atoms in total. The van der Waals surface area contributed by atoms with Crippen molar-refractivity contribution in [2.24, 2.45) is 0 Å². The second-order valence-corrected chi connectivity index (χ2v) is 4.83. The first-order valence-corrected chi connectivity index (χ1v) is 7.03. The number of carbonyl (C=O) groups excluding carboxylic acids is 1. The van der Waals surface area contributed by atoms with Gasteiger partial charge in [-0.2, -0.15) is 5.26 Å². The number of morpholine rings is 1. The molecule has 1 N–H and O–H groups in total. The molecule has 2 rings (SSSR count). The summed E-state index contributed by atoms with van der Waals surface area (Å²) < 4.78 is 10.3. The summed E-state index contributed by atoms with van der Waals surface area (Å²) in [4.78, 5) is 24.4. The van der Waals surface area contributed by atoms with E-state index in [4.69, 9.17) is 14.6 Å². The van der Waals surface area contributed by atoms with Gasteiger partial charge in [0.2, 0.25) is 0 Å². The molecule has 0 atom stereocenters. The molecule has 1 saturated heterocycles. The molecule has 23 heavy (non-hydrogen) atoms. The van der Waals surface area contributed by atoms with Crippen molar-refractivity contribution in [2.75, 3.05) is 32.9 Å². The van der Waals surface area contributed by atoms with Crippen LogP contribution in [0.4, 0.5) is 0 Å². The first-order chi connectivity index (χ1) is 11.1. The highest BCUT2D eigenvalue weighted by molar-refractivity contribution is 6.01. The number of nitrogens with zero attached hydrogens (tertiary/aromatic N) is 2. The van der Waals surface area contributed by atoms with Crippen molar-refractivity contribution in [2.45, 2.75) is 0 Å². The molecule has 1 amide bonds. The van der Waals surface area contributed by atoms with E-state index in [1.807, 2.05) is 6.07 Å². The van der Waals surface area contributed by atoms with Gasteiger partial charge in [0.15, 0.2) is 6.61 Å². The lowest BCUT2D eigenvalue weighted by molar-refractivity contribution is -0.139. The molecule has 120 valence electrons. The minimum absolute atomic E-state index is 0.0160. The Balaban J connectivity index is 2.14. The van der Waals surface area contributed by atoms with Crippen molar-refractivity contribution in [1.82, 2.24) is 4.90 Å². The molecule has 1 heterocycles. The standard InChI is InChI=1S/C16H16N2O5/c17-10-13(16(21)18-4-6-22-7-5-18)8-12-2-1-3-14(9-12)23-11-15(19)20/h1-3,8-9H,4-7,11H2,(H,19,20). The van der Waals surface area contributed by atoms with Gasteiger partial charge in [-0.15, -0.1) is 0 Å². The van der Waals surface area contributed by atoms with Gasteiger partial charge in [0.25, 0.3) is 5.91 Å². The minimum atomic E-state index is -1.08. The fourth-order valence-electron chi connectivity index (χ4n) is 2.08. The van der Waals surface area contributed by atoms with Crippen LogP contribution in [0.1, 0.15) is 5.56 Å². The van der Waals surface area contributed by atoms with Crippen molar-refractivity contribution < 1.29 is 24.2 Å². The number of carbonyl (C=O) groups is 2. The molecule has 0 radical (unpaired) electrons. The Bertz CT molecular complexity index is 657. The minimum Gasteiger partial charge on any atom is -0.482 e. The zero-order chi connectivity index (χ0) is 16.7. The van der Waals surface area contributed by atoms with Crippen LogP contribution in [0.25, 0.3) is 6.08 Å². The number of ether oxygens (including phenoxy) is 2. The third-order valence-corrected chi connectivity index (χ3v) is 3.18. The highest BCUT2D eigenvalue weighted by atomic mass is 16.5. The molecule has 0 aliphatic carbocycles. The van der Waals surface area contributed by atoms with Crippen molar-refractivity contribution in [3.05, 3.63) is 35.4 Å². The smallest absolute Gasteiger partial charge is 0.341 e. The van der Waals surface area contributed by atoms with Crippen LogP contribution < -0.4 is 4.74 Å². The monoisotopic (exact) mass is 316 g/mol. The lowest BCUT2D eigenvalue weighted by atomic mass is 10.1. The van der Waals surface area contributed by atoms with Gasteiger partial charge in [-0.3, -0.25) is 4.79 Å². The van der Waals surface area contributed by atoms with Gasteiger partial charge in [0.1, 0.15) is 17.4 Å². The van der Waals surface area contributed by atoms with E-state index >= 15 is 0 Å². The SMILES string of the molecule is N#CC(=Cc1cccc(OCC(=O)O)c1)C(=O)N1CCOCC1. The number of amides is 1. The number of rotatable bonds is 5. The first kappa shape index (κ1) is 16.5. The Hall–Kier alpha value is -2.85. The van der Waals surface area contributed by atoms with E-state index in [1.165, 1.54) is 6.08 Å². The Morgan fingerprint density at radius 2 is 2.13 bits per heavy atom. The van der Waals surface area contributed by atoms with E-state index in [9.17, 15) is 14.9 Å². The Labute approximate surface area is 133 Å². The molecular weight excluding hydrogens is 300 g/mol.